The Morgan fingerprint density at radius 3 is 2.38 bits per heavy atom. The number of nitrogens with zero attached hydrogens (tertiary/aromatic N) is 5. The lowest BCUT2D eigenvalue weighted by Crippen LogP contribution is -2.37. The molecule has 172 valence electrons. The van der Waals surface area contributed by atoms with Gasteiger partial charge in [-0.05, 0) is 37.5 Å². The van der Waals surface area contributed by atoms with Crippen molar-refractivity contribution in [3.8, 4) is 11.3 Å². The minimum atomic E-state index is -4.60. The van der Waals surface area contributed by atoms with Crippen molar-refractivity contribution < 1.29 is 18.0 Å². The highest BCUT2D eigenvalue weighted by molar-refractivity contribution is 5.93. The van der Waals surface area contributed by atoms with Crippen LogP contribution in [0.1, 0.15) is 61.2 Å². The summed E-state index contributed by atoms with van der Waals surface area (Å²) >= 11 is 0. The van der Waals surface area contributed by atoms with Gasteiger partial charge in [0.05, 0.1) is 16.9 Å². The van der Waals surface area contributed by atoms with Gasteiger partial charge in [0.15, 0.2) is 5.69 Å². The fraction of sp³-hybridized carbons (Fsp3) is 0.455. The topological polar surface area (TPSA) is 77.6 Å². The average molecular weight is 448 g/mol. The van der Waals surface area contributed by atoms with E-state index in [-0.39, 0.29) is 5.69 Å². The molecular formula is C22H27F3N6O. The average Bonchev–Trinajstić information content (AvgIpc) is 3.23. The van der Waals surface area contributed by atoms with Gasteiger partial charge in [0.1, 0.15) is 5.69 Å². The smallest absolute Gasteiger partial charge is 0.340 e. The maximum Gasteiger partial charge on any atom is 0.435 e. The van der Waals surface area contributed by atoms with Crippen LogP contribution in [0.4, 0.5) is 13.2 Å². The van der Waals surface area contributed by atoms with Crippen LogP contribution < -0.4 is 5.32 Å². The molecule has 0 aromatic carbocycles. The van der Waals surface area contributed by atoms with E-state index >= 15 is 0 Å². The van der Waals surface area contributed by atoms with Gasteiger partial charge >= 0.3 is 6.18 Å². The van der Waals surface area contributed by atoms with Gasteiger partial charge in [-0.3, -0.25) is 19.1 Å². The number of alkyl halides is 3. The third-order valence-corrected chi connectivity index (χ3v) is 5.35. The van der Waals surface area contributed by atoms with E-state index in [0.717, 1.165) is 39.8 Å². The van der Waals surface area contributed by atoms with Crippen molar-refractivity contribution in [1.82, 2.24) is 29.9 Å². The quantitative estimate of drug-likeness (QED) is 0.633. The van der Waals surface area contributed by atoms with Crippen LogP contribution in [0.5, 0.6) is 0 Å². The molecule has 1 aliphatic rings. The van der Waals surface area contributed by atoms with Gasteiger partial charge in [-0.15, -0.1) is 0 Å². The second-order valence-corrected chi connectivity index (χ2v) is 7.50. The second kappa shape index (κ2) is 8.76. The molecule has 0 bridgehead atoms. The zero-order chi connectivity index (χ0) is 23.7. The molecule has 3 aromatic heterocycles. The summed E-state index contributed by atoms with van der Waals surface area (Å²) in [5.74, 6) is -0.599. The number of pyridine rings is 1. The van der Waals surface area contributed by atoms with Gasteiger partial charge in [-0.2, -0.15) is 23.4 Å². The molecule has 7 nitrogen and oxygen atoms in total. The number of halogens is 3. The summed E-state index contributed by atoms with van der Waals surface area (Å²) < 4.78 is 41.4. The molecular weight excluding hydrogens is 421 g/mol. The Morgan fingerprint density at radius 1 is 1.12 bits per heavy atom. The second-order valence-electron chi connectivity index (χ2n) is 7.50. The highest BCUT2D eigenvalue weighted by atomic mass is 19.4. The first-order chi connectivity index (χ1) is 15.1. The van der Waals surface area contributed by atoms with Gasteiger partial charge in [0, 0.05) is 37.6 Å². The predicted octanol–water partition coefficient (Wildman–Crippen LogP) is 4.24. The zero-order valence-electron chi connectivity index (χ0n) is 18.8. The highest BCUT2D eigenvalue weighted by Gasteiger charge is 2.49. The molecule has 3 aromatic rings. The molecule has 1 amide bonds. The van der Waals surface area contributed by atoms with E-state index in [2.05, 4.69) is 20.5 Å². The molecule has 0 saturated heterocycles. The number of aromatic nitrogens is 5. The van der Waals surface area contributed by atoms with Gasteiger partial charge in [-0.25, -0.2) is 0 Å². The Bertz CT molecular complexity index is 1110. The number of carbonyl (C=O) groups is 1. The first kappa shape index (κ1) is 23.5. The number of amides is 1. The van der Waals surface area contributed by atoms with Crippen LogP contribution in [0.3, 0.4) is 0 Å². The predicted molar refractivity (Wildman–Crippen MR) is 114 cm³/mol. The molecule has 0 unspecified atom stereocenters. The molecule has 1 aliphatic carbocycles. The van der Waals surface area contributed by atoms with E-state index < -0.39 is 23.3 Å². The number of hydrogen-bond acceptors (Lipinski definition) is 4. The van der Waals surface area contributed by atoms with Gasteiger partial charge in [0.25, 0.3) is 5.91 Å². The standard InChI is InChI=1S/C20H21F3N6O.C2H6/c1-4-13-9-12(5-8-24-13)14-10-17(29(3)26-14)19(6-7-19)25-18(30)15-11-16(20(21,22)23)27-28(15)2;1-2/h5,8-11H,4,6-7H2,1-3H3,(H,25,30);1-2H3. The van der Waals surface area contributed by atoms with Gasteiger partial charge < -0.3 is 5.32 Å². The largest absolute Gasteiger partial charge is 0.435 e. The zero-order valence-corrected chi connectivity index (χ0v) is 18.8. The fourth-order valence-electron chi connectivity index (χ4n) is 3.56. The van der Waals surface area contributed by atoms with Crippen LogP contribution in [-0.2, 0) is 32.2 Å². The van der Waals surface area contributed by atoms with Crippen molar-refractivity contribution in [2.75, 3.05) is 0 Å². The summed E-state index contributed by atoms with van der Waals surface area (Å²) in [4.78, 5) is 17.0. The summed E-state index contributed by atoms with van der Waals surface area (Å²) in [6.07, 6.45) is -0.709. The molecule has 1 saturated carbocycles. The molecule has 0 atom stereocenters. The normalized spacial score (nSPS) is 14.5. The Balaban J connectivity index is 0.00000141. The van der Waals surface area contributed by atoms with Crippen molar-refractivity contribution in [3.05, 3.63) is 53.2 Å². The number of hydrogen-bond donors (Lipinski definition) is 1. The Hall–Kier alpha value is -3.17. The molecule has 4 rings (SSSR count). The Labute approximate surface area is 184 Å². The summed E-state index contributed by atoms with van der Waals surface area (Å²) in [5.41, 5.74) is 1.55. The molecule has 0 radical (unpaired) electrons. The maximum atomic E-state index is 12.9. The monoisotopic (exact) mass is 448 g/mol. The fourth-order valence-corrected chi connectivity index (χ4v) is 3.56. The molecule has 1 fully saturated rings. The van der Waals surface area contributed by atoms with Crippen molar-refractivity contribution in [2.24, 2.45) is 14.1 Å². The van der Waals surface area contributed by atoms with Gasteiger partial charge in [-0.1, -0.05) is 20.8 Å². The lowest BCUT2D eigenvalue weighted by atomic mass is 10.1. The third kappa shape index (κ3) is 4.53. The number of carbonyl (C=O) groups excluding carboxylic acids is 1. The Kier molecular flexibility index (Phi) is 6.43. The van der Waals surface area contributed by atoms with Crippen LogP contribution in [0.15, 0.2) is 30.5 Å². The molecule has 32 heavy (non-hydrogen) atoms. The van der Waals surface area contributed by atoms with Crippen LogP contribution in [0.25, 0.3) is 11.3 Å². The van der Waals surface area contributed by atoms with E-state index in [9.17, 15) is 18.0 Å². The molecule has 10 heteroatoms. The van der Waals surface area contributed by atoms with Crippen molar-refractivity contribution >= 4 is 5.91 Å². The van der Waals surface area contributed by atoms with Crippen molar-refractivity contribution in [1.29, 1.82) is 0 Å². The molecule has 3 heterocycles. The Morgan fingerprint density at radius 2 is 1.81 bits per heavy atom. The van der Waals surface area contributed by atoms with E-state index in [1.54, 1.807) is 17.9 Å². The van der Waals surface area contributed by atoms with E-state index in [1.807, 2.05) is 39.0 Å². The maximum absolute atomic E-state index is 12.9. The number of aryl methyl sites for hydroxylation is 3. The minimum absolute atomic E-state index is 0.141. The first-order valence-corrected chi connectivity index (χ1v) is 10.6. The van der Waals surface area contributed by atoms with Crippen LogP contribution in [-0.4, -0.2) is 30.5 Å². The third-order valence-electron chi connectivity index (χ3n) is 5.35. The van der Waals surface area contributed by atoms with Gasteiger partial charge in [0.2, 0.25) is 0 Å². The van der Waals surface area contributed by atoms with E-state index in [4.69, 9.17) is 0 Å². The lowest BCUT2D eigenvalue weighted by molar-refractivity contribution is -0.141. The summed E-state index contributed by atoms with van der Waals surface area (Å²) in [7, 11) is 3.11. The van der Waals surface area contributed by atoms with Crippen LogP contribution >= 0.6 is 0 Å². The summed E-state index contributed by atoms with van der Waals surface area (Å²) in [5, 5.41) is 10.9. The molecule has 0 spiro atoms. The minimum Gasteiger partial charge on any atom is -0.340 e. The van der Waals surface area contributed by atoms with Crippen molar-refractivity contribution in [3.63, 3.8) is 0 Å². The van der Waals surface area contributed by atoms with E-state index in [1.165, 1.54) is 7.05 Å². The first-order valence-electron chi connectivity index (χ1n) is 10.6. The molecule has 0 aliphatic heterocycles. The van der Waals surface area contributed by atoms with E-state index in [0.29, 0.717) is 12.8 Å². The van der Waals surface area contributed by atoms with Crippen LogP contribution in [0.2, 0.25) is 0 Å². The summed E-state index contributed by atoms with van der Waals surface area (Å²) in [6.45, 7) is 6.02. The highest BCUT2D eigenvalue weighted by Crippen LogP contribution is 2.46. The van der Waals surface area contributed by atoms with Crippen molar-refractivity contribution in [2.45, 2.75) is 51.7 Å². The lowest BCUT2D eigenvalue weighted by Gasteiger charge is -2.17. The SMILES string of the molecule is CC.CCc1cc(-c2cc(C3(NC(=O)c4cc(C(F)(F)F)nn4C)CC3)n(C)n2)ccn1. The number of rotatable bonds is 5. The summed E-state index contributed by atoms with van der Waals surface area (Å²) in [6, 6.07) is 6.52. The molecule has 1 N–H and O–H groups in total. The van der Waals surface area contributed by atoms with Crippen LogP contribution in [0, 0.1) is 0 Å². The number of nitrogens with one attached hydrogen (secondary N) is 1.